The first-order valence-corrected chi connectivity index (χ1v) is 8.73. The van der Waals surface area contributed by atoms with Crippen molar-refractivity contribution in [1.29, 1.82) is 0 Å². The second kappa shape index (κ2) is 7.35. The molecule has 1 aliphatic heterocycles. The molecule has 1 saturated heterocycles. The molecule has 3 heterocycles. The minimum Gasteiger partial charge on any atom is -0.356 e. The largest absolute Gasteiger partial charge is 0.356 e. The molecule has 0 spiro atoms. The van der Waals surface area contributed by atoms with Gasteiger partial charge in [-0.1, -0.05) is 18.2 Å². The maximum absolute atomic E-state index is 12.1. The first kappa shape index (κ1) is 16.3. The Morgan fingerprint density at radius 1 is 1.00 bits per heavy atom. The Balaban J connectivity index is 1.32. The number of benzene rings is 1. The molecule has 0 aliphatic carbocycles. The highest BCUT2D eigenvalue weighted by atomic mass is 16.2. The highest BCUT2D eigenvalue weighted by Gasteiger charge is 2.21. The van der Waals surface area contributed by atoms with Crippen LogP contribution < -0.4 is 15.5 Å². The number of pyridine rings is 1. The Hall–Kier alpha value is -3.22. The van der Waals surface area contributed by atoms with E-state index in [-0.39, 0.29) is 12.1 Å². The number of rotatable bonds is 3. The van der Waals surface area contributed by atoms with E-state index in [9.17, 15) is 4.79 Å². The van der Waals surface area contributed by atoms with E-state index in [1.165, 1.54) is 0 Å². The fraction of sp³-hybridized carbons (Fsp3) is 0.263. The summed E-state index contributed by atoms with van der Waals surface area (Å²) in [6, 6.07) is 13.4. The van der Waals surface area contributed by atoms with E-state index in [0.717, 1.165) is 43.0 Å². The lowest BCUT2D eigenvalue weighted by molar-refractivity contribution is 0.246. The number of para-hydroxylation sites is 1. The van der Waals surface area contributed by atoms with Crippen molar-refractivity contribution in [2.45, 2.75) is 18.9 Å². The van der Waals surface area contributed by atoms with Crippen molar-refractivity contribution in [3.63, 3.8) is 0 Å². The normalized spacial score (nSPS) is 15.0. The molecule has 2 N–H and O–H groups in total. The van der Waals surface area contributed by atoms with E-state index in [4.69, 9.17) is 0 Å². The zero-order valence-electron chi connectivity index (χ0n) is 14.3. The summed E-state index contributed by atoms with van der Waals surface area (Å²) in [7, 11) is 0. The molecule has 2 amide bonds. The average Bonchev–Trinajstić information content (AvgIpc) is 2.69. The molecular formula is C19H20N6O. The molecule has 0 bridgehead atoms. The maximum Gasteiger partial charge on any atom is 0.319 e. The number of carbonyl (C=O) groups is 1. The van der Waals surface area contributed by atoms with Crippen molar-refractivity contribution in [3.8, 4) is 0 Å². The molecule has 1 aromatic carbocycles. The van der Waals surface area contributed by atoms with Crippen LogP contribution in [0.4, 0.5) is 16.3 Å². The van der Waals surface area contributed by atoms with E-state index in [0.29, 0.717) is 5.65 Å². The van der Waals surface area contributed by atoms with Crippen LogP contribution in [0.2, 0.25) is 0 Å². The molecule has 1 aliphatic rings. The van der Waals surface area contributed by atoms with Gasteiger partial charge in [-0.25, -0.2) is 14.8 Å². The number of amides is 2. The molecule has 0 radical (unpaired) electrons. The van der Waals surface area contributed by atoms with Gasteiger partial charge in [0.15, 0.2) is 5.65 Å². The van der Waals surface area contributed by atoms with Gasteiger partial charge in [0, 0.05) is 37.2 Å². The molecule has 132 valence electrons. The van der Waals surface area contributed by atoms with Gasteiger partial charge in [-0.2, -0.15) is 0 Å². The van der Waals surface area contributed by atoms with Gasteiger partial charge in [-0.05, 0) is 37.1 Å². The SMILES string of the molecule is O=C(Nc1ccccc1)NC1CCN(c2ccc3nccnc3n2)CC1. The molecular weight excluding hydrogens is 328 g/mol. The van der Waals surface area contributed by atoms with Crippen LogP contribution in [-0.2, 0) is 0 Å². The minimum atomic E-state index is -0.159. The maximum atomic E-state index is 12.1. The highest BCUT2D eigenvalue weighted by Crippen LogP contribution is 2.20. The molecule has 0 unspecified atom stereocenters. The number of urea groups is 1. The lowest BCUT2D eigenvalue weighted by Crippen LogP contribution is -2.46. The van der Waals surface area contributed by atoms with E-state index < -0.39 is 0 Å². The quantitative estimate of drug-likeness (QED) is 0.760. The number of carbonyl (C=O) groups excluding carboxylic acids is 1. The molecule has 7 nitrogen and oxygen atoms in total. The van der Waals surface area contributed by atoms with Gasteiger partial charge in [0.2, 0.25) is 0 Å². The summed E-state index contributed by atoms with van der Waals surface area (Å²) in [4.78, 5) is 27.4. The van der Waals surface area contributed by atoms with Gasteiger partial charge in [-0.15, -0.1) is 0 Å². The smallest absolute Gasteiger partial charge is 0.319 e. The molecule has 7 heteroatoms. The van der Waals surface area contributed by atoms with E-state index >= 15 is 0 Å². The van der Waals surface area contributed by atoms with Crippen LogP contribution in [0.1, 0.15) is 12.8 Å². The standard InChI is InChI=1S/C19H20N6O/c26-19(22-14-4-2-1-3-5-14)23-15-8-12-25(13-9-15)17-7-6-16-18(24-17)21-11-10-20-16/h1-7,10-11,15H,8-9,12-13H2,(H2,22,23,26). The molecule has 3 aromatic rings. The van der Waals surface area contributed by atoms with Crippen LogP contribution >= 0.6 is 0 Å². The number of piperidine rings is 1. The molecule has 0 saturated carbocycles. The van der Waals surface area contributed by atoms with Crippen LogP contribution in [-0.4, -0.2) is 40.1 Å². The molecule has 0 atom stereocenters. The first-order chi connectivity index (χ1) is 12.8. The Morgan fingerprint density at radius 2 is 1.77 bits per heavy atom. The fourth-order valence-electron chi connectivity index (χ4n) is 3.15. The summed E-state index contributed by atoms with van der Waals surface area (Å²) < 4.78 is 0. The predicted octanol–water partition coefficient (Wildman–Crippen LogP) is 2.82. The Bertz CT molecular complexity index is 893. The van der Waals surface area contributed by atoms with Crippen molar-refractivity contribution in [2.75, 3.05) is 23.3 Å². The topological polar surface area (TPSA) is 83.0 Å². The average molecular weight is 348 g/mol. The lowest BCUT2D eigenvalue weighted by atomic mass is 10.1. The van der Waals surface area contributed by atoms with Crippen LogP contribution in [0.25, 0.3) is 11.2 Å². The van der Waals surface area contributed by atoms with Crippen molar-refractivity contribution in [3.05, 3.63) is 54.9 Å². The Morgan fingerprint density at radius 3 is 2.58 bits per heavy atom. The second-order valence-electron chi connectivity index (χ2n) is 6.29. The number of aromatic nitrogens is 3. The van der Waals surface area contributed by atoms with Crippen molar-refractivity contribution in [1.82, 2.24) is 20.3 Å². The second-order valence-corrected chi connectivity index (χ2v) is 6.29. The van der Waals surface area contributed by atoms with Gasteiger partial charge in [0.1, 0.15) is 11.3 Å². The zero-order valence-corrected chi connectivity index (χ0v) is 14.3. The Kier molecular flexibility index (Phi) is 4.59. The summed E-state index contributed by atoms with van der Waals surface area (Å²) in [5.74, 6) is 0.908. The number of hydrogen-bond acceptors (Lipinski definition) is 5. The number of nitrogens with one attached hydrogen (secondary N) is 2. The van der Waals surface area contributed by atoms with Gasteiger partial charge in [0.05, 0.1) is 0 Å². The molecule has 26 heavy (non-hydrogen) atoms. The third kappa shape index (κ3) is 3.72. The van der Waals surface area contributed by atoms with Gasteiger partial charge < -0.3 is 15.5 Å². The summed E-state index contributed by atoms with van der Waals surface area (Å²) in [6.45, 7) is 1.68. The van der Waals surface area contributed by atoms with E-state index in [1.54, 1.807) is 12.4 Å². The predicted molar refractivity (Wildman–Crippen MR) is 101 cm³/mol. The van der Waals surface area contributed by atoms with Crippen LogP contribution in [0.5, 0.6) is 0 Å². The zero-order chi connectivity index (χ0) is 17.8. The van der Waals surface area contributed by atoms with Crippen molar-refractivity contribution < 1.29 is 4.79 Å². The minimum absolute atomic E-state index is 0.159. The van der Waals surface area contributed by atoms with Crippen molar-refractivity contribution >= 4 is 28.7 Å². The van der Waals surface area contributed by atoms with Crippen LogP contribution in [0, 0.1) is 0 Å². The summed E-state index contributed by atoms with van der Waals surface area (Å²) in [5, 5.41) is 5.91. The number of fused-ring (bicyclic) bond motifs is 1. The fourth-order valence-corrected chi connectivity index (χ4v) is 3.15. The van der Waals surface area contributed by atoms with Gasteiger partial charge >= 0.3 is 6.03 Å². The van der Waals surface area contributed by atoms with Crippen molar-refractivity contribution in [2.24, 2.45) is 0 Å². The monoisotopic (exact) mass is 348 g/mol. The summed E-state index contributed by atoms with van der Waals surface area (Å²) >= 11 is 0. The lowest BCUT2D eigenvalue weighted by Gasteiger charge is -2.33. The number of hydrogen-bond donors (Lipinski definition) is 2. The summed E-state index contributed by atoms with van der Waals surface area (Å²) in [6.07, 6.45) is 5.08. The van der Waals surface area contributed by atoms with E-state index in [2.05, 4.69) is 30.5 Å². The number of nitrogens with zero attached hydrogens (tertiary/aromatic N) is 4. The highest BCUT2D eigenvalue weighted by molar-refractivity contribution is 5.89. The van der Waals surface area contributed by atoms with Crippen LogP contribution in [0.15, 0.2) is 54.9 Å². The van der Waals surface area contributed by atoms with Gasteiger partial charge in [0.25, 0.3) is 0 Å². The molecule has 4 rings (SSSR count). The third-order valence-corrected chi connectivity index (χ3v) is 4.50. The van der Waals surface area contributed by atoms with E-state index in [1.807, 2.05) is 42.5 Å². The van der Waals surface area contributed by atoms with Gasteiger partial charge in [-0.3, -0.25) is 4.98 Å². The third-order valence-electron chi connectivity index (χ3n) is 4.50. The first-order valence-electron chi connectivity index (χ1n) is 8.73. The van der Waals surface area contributed by atoms with Crippen LogP contribution in [0.3, 0.4) is 0 Å². The summed E-state index contributed by atoms with van der Waals surface area (Å²) in [5.41, 5.74) is 2.25. The number of anilines is 2. The molecule has 1 fully saturated rings. The molecule has 2 aromatic heterocycles. The Labute approximate surface area is 151 Å².